The van der Waals surface area contributed by atoms with Gasteiger partial charge in [-0.2, -0.15) is 4.31 Å². The van der Waals surface area contributed by atoms with Gasteiger partial charge in [-0.05, 0) is 30.9 Å². The monoisotopic (exact) mass is 376 g/mol. The van der Waals surface area contributed by atoms with E-state index in [-0.39, 0.29) is 17.5 Å². The molecule has 1 fully saturated rings. The Morgan fingerprint density at radius 2 is 1.92 bits per heavy atom. The van der Waals surface area contributed by atoms with Crippen molar-refractivity contribution in [3.63, 3.8) is 0 Å². The smallest absolute Gasteiger partial charge is 0.262 e. The van der Waals surface area contributed by atoms with Crippen LogP contribution in [0.3, 0.4) is 0 Å². The Balaban J connectivity index is 1.67. The Kier molecular flexibility index (Phi) is 5.73. The SMILES string of the molecule is CCc1ccccc1NC(=O)Cn1cnc(S(=O)(=O)N2CCCCC2)c1. The second-order valence-corrected chi connectivity index (χ2v) is 8.29. The summed E-state index contributed by atoms with van der Waals surface area (Å²) < 4.78 is 28.2. The van der Waals surface area contributed by atoms with Crippen molar-refractivity contribution in [3.8, 4) is 0 Å². The van der Waals surface area contributed by atoms with Crippen molar-refractivity contribution in [2.75, 3.05) is 18.4 Å². The lowest BCUT2D eigenvalue weighted by atomic mass is 10.1. The molecule has 1 amide bonds. The molecule has 1 aliphatic heterocycles. The summed E-state index contributed by atoms with van der Waals surface area (Å²) in [6, 6.07) is 7.63. The highest BCUT2D eigenvalue weighted by Crippen LogP contribution is 2.19. The maximum Gasteiger partial charge on any atom is 0.262 e. The maximum absolute atomic E-state index is 12.6. The number of nitrogens with zero attached hydrogens (tertiary/aromatic N) is 3. The van der Waals surface area contributed by atoms with Crippen LogP contribution in [0.1, 0.15) is 31.7 Å². The number of aromatic nitrogens is 2. The number of rotatable bonds is 6. The molecular formula is C18H24N4O3S. The number of hydrogen-bond acceptors (Lipinski definition) is 4. The zero-order chi connectivity index (χ0) is 18.6. The maximum atomic E-state index is 12.6. The van der Waals surface area contributed by atoms with Crippen LogP contribution in [-0.2, 0) is 27.8 Å². The lowest BCUT2D eigenvalue weighted by Crippen LogP contribution is -2.35. The molecule has 0 saturated carbocycles. The van der Waals surface area contributed by atoms with Gasteiger partial charge in [0, 0.05) is 25.0 Å². The van der Waals surface area contributed by atoms with Crippen molar-refractivity contribution in [3.05, 3.63) is 42.4 Å². The number of benzene rings is 1. The third-order valence-corrected chi connectivity index (χ3v) is 6.31. The molecule has 0 radical (unpaired) electrons. The van der Waals surface area contributed by atoms with Crippen molar-refractivity contribution in [1.29, 1.82) is 0 Å². The molecule has 0 bridgehead atoms. The summed E-state index contributed by atoms with van der Waals surface area (Å²) in [6.07, 6.45) is 6.44. The summed E-state index contributed by atoms with van der Waals surface area (Å²) >= 11 is 0. The average Bonchev–Trinajstić information content (AvgIpc) is 3.12. The van der Waals surface area contributed by atoms with Gasteiger partial charge < -0.3 is 9.88 Å². The van der Waals surface area contributed by atoms with E-state index >= 15 is 0 Å². The van der Waals surface area contributed by atoms with Gasteiger partial charge in [-0.15, -0.1) is 0 Å². The van der Waals surface area contributed by atoms with E-state index in [1.54, 1.807) is 0 Å². The number of aryl methyl sites for hydroxylation is 1. The first-order valence-electron chi connectivity index (χ1n) is 8.90. The number of sulfonamides is 1. The topological polar surface area (TPSA) is 84.3 Å². The molecule has 3 rings (SSSR count). The van der Waals surface area contributed by atoms with Crippen LogP contribution in [0.2, 0.25) is 0 Å². The first kappa shape index (κ1) is 18.6. The minimum absolute atomic E-state index is 0.00107. The Hall–Kier alpha value is -2.19. The van der Waals surface area contributed by atoms with E-state index in [4.69, 9.17) is 0 Å². The van der Waals surface area contributed by atoms with Gasteiger partial charge in [0.1, 0.15) is 6.54 Å². The number of carbonyl (C=O) groups is 1. The van der Waals surface area contributed by atoms with Crippen molar-refractivity contribution in [1.82, 2.24) is 13.9 Å². The zero-order valence-electron chi connectivity index (χ0n) is 14.9. The molecule has 8 heteroatoms. The number of nitrogens with one attached hydrogen (secondary N) is 1. The van der Waals surface area contributed by atoms with Gasteiger partial charge in [0.15, 0.2) is 5.03 Å². The van der Waals surface area contributed by atoms with Crippen LogP contribution >= 0.6 is 0 Å². The van der Waals surface area contributed by atoms with E-state index < -0.39 is 10.0 Å². The fraction of sp³-hybridized carbons (Fsp3) is 0.444. The molecule has 1 aromatic carbocycles. The van der Waals surface area contributed by atoms with E-state index in [0.717, 1.165) is 36.9 Å². The fourth-order valence-electron chi connectivity index (χ4n) is 3.10. The fourth-order valence-corrected chi connectivity index (χ4v) is 4.56. The van der Waals surface area contributed by atoms with Crippen molar-refractivity contribution >= 4 is 21.6 Å². The third-order valence-electron chi connectivity index (χ3n) is 4.53. The van der Waals surface area contributed by atoms with Crippen LogP contribution in [0, 0.1) is 0 Å². The lowest BCUT2D eigenvalue weighted by Gasteiger charge is -2.24. The minimum atomic E-state index is -3.58. The van der Waals surface area contributed by atoms with Gasteiger partial charge in [0.2, 0.25) is 5.91 Å². The Bertz CT molecular complexity index is 870. The van der Waals surface area contributed by atoms with Crippen molar-refractivity contribution in [2.24, 2.45) is 0 Å². The molecular weight excluding hydrogens is 352 g/mol. The minimum Gasteiger partial charge on any atom is -0.327 e. The number of carbonyl (C=O) groups excluding carboxylic acids is 1. The predicted octanol–water partition coefficient (Wildman–Crippen LogP) is 2.26. The summed E-state index contributed by atoms with van der Waals surface area (Å²) in [4.78, 5) is 16.3. The molecule has 7 nitrogen and oxygen atoms in total. The second kappa shape index (κ2) is 8.01. The van der Waals surface area contributed by atoms with E-state index in [1.165, 1.54) is 21.4 Å². The van der Waals surface area contributed by atoms with Crippen molar-refractivity contribution in [2.45, 2.75) is 44.2 Å². The van der Waals surface area contributed by atoms with Crippen LogP contribution in [0.4, 0.5) is 5.69 Å². The molecule has 2 heterocycles. The Morgan fingerprint density at radius 3 is 2.65 bits per heavy atom. The van der Waals surface area contributed by atoms with Crippen LogP contribution < -0.4 is 5.32 Å². The summed E-state index contributed by atoms with van der Waals surface area (Å²) in [5.41, 5.74) is 1.83. The molecule has 2 aromatic rings. The van der Waals surface area contributed by atoms with Crippen LogP contribution in [0.15, 0.2) is 41.8 Å². The summed E-state index contributed by atoms with van der Waals surface area (Å²) in [6.45, 7) is 3.10. The number of hydrogen-bond donors (Lipinski definition) is 1. The average molecular weight is 376 g/mol. The third kappa shape index (κ3) is 4.13. The van der Waals surface area contributed by atoms with Gasteiger partial charge in [-0.25, -0.2) is 13.4 Å². The van der Waals surface area contributed by atoms with E-state index in [1.807, 2.05) is 31.2 Å². The molecule has 0 spiro atoms. The normalized spacial score (nSPS) is 15.7. The summed E-state index contributed by atoms with van der Waals surface area (Å²) in [5.74, 6) is -0.217. The molecule has 26 heavy (non-hydrogen) atoms. The number of piperidine rings is 1. The molecule has 1 saturated heterocycles. The summed E-state index contributed by atoms with van der Waals surface area (Å²) in [7, 11) is -3.58. The quantitative estimate of drug-likeness (QED) is 0.838. The molecule has 1 aliphatic rings. The highest BCUT2D eigenvalue weighted by atomic mass is 32.2. The van der Waals surface area contributed by atoms with E-state index in [9.17, 15) is 13.2 Å². The van der Waals surface area contributed by atoms with E-state index in [2.05, 4.69) is 10.3 Å². The molecule has 0 atom stereocenters. The first-order chi connectivity index (χ1) is 12.5. The van der Waals surface area contributed by atoms with Gasteiger partial charge in [0.05, 0.1) is 6.33 Å². The predicted molar refractivity (Wildman–Crippen MR) is 99.3 cm³/mol. The Morgan fingerprint density at radius 1 is 1.19 bits per heavy atom. The lowest BCUT2D eigenvalue weighted by molar-refractivity contribution is -0.116. The van der Waals surface area contributed by atoms with Crippen molar-refractivity contribution < 1.29 is 13.2 Å². The second-order valence-electron chi connectivity index (χ2n) is 6.41. The van der Waals surface area contributed by atoms with E-state index in [0.29, 0.717) is 13.1 Å². The molecule has 0 aliphatic carbocycles. The zero-order valence-corrected chi connectivity index (χ0v) is 15.7. The van der Waals surface area contributed by atoms with Crippen LogP contribution in [-0.4, -0.2) is 41.3 Å². The highest BCUT2D eigenvalue weighted by molar-refractivity contribution is 7.89. The number of anilines is 1. The number of imidazole rings is 1. The molecule has 1 N–H and O–H groups in total. The number of para-hydroxylation sites is 1. The molecule has 140 valence electrons. The van der Waals surface area contributed by atoms with Crippen LogP contribution in [0.5, 0.6) is 0 Å². The largest absolute Gasteiger partial charge is 0.327 e. The van der Waals surface area contributed by atoms with Gasteiger partial charge in [0.25, 0.3) is 10.0 Å². The van der Waals surface area contributed by atoms with Crippen LogP contribution in [0.25, 0.3) is 0 Å². The molecule has 1 aromatic heterocycles. The highest BCUT2D eigenvalue weighted by Gasteiger charge is 2.28. The number of amides is 1. The summed E-state index contributed by atoms with van der Waals surface area (Å²) in [5, 5.41) is 2.87. The van der Waals surface area contributed by atoms with Gasteiger partial charge >= 0.3 is 0 Å². The standard InChI is InChI=1S/C18H24N4O3S/c1-2-15-8-4-5-9-16(15)20-17(23)12-21-13-18(19-14-21)26(24,25)22-10-6-3-7-11-22/h4-5,8-9,13-14H,2-3,6-7,10-12H2,1H3,(H,20,23). The first-order valence-corrected chi connectivity index (χ1v) is 10.3. The van der Waals surface area contributed by atoms with Gasteiger partial charge in [-0.3, -0.25) is 4.79 Å². The van der Waals surface area contributed by atoms with Gasteiger partial charge in [-0.1, -0.05) is 31.5 Å². The Labute approximate surface area is 154 Å². The molecule has 0 unspecified atom stereocenters.